The minimum atomic E-state index is 1.14. The molecule has 2 heteroatoms. The van der Waals surface area contributed by atoms with Crippen LogP contribution in [0.4, 0.5) is 0 Å². The molecule has 0 aliphatic heterocycles. The van der Waals surface area contributed by atoms with Gasteiger partial charge in [0.25, 0.3) is 0 Å². The van der Waals surface area contributed by atoms with Gasteiger partial charge >= 0.3 is 0 Å². The van der Waals surface area contributed by atoms with Crippen LogP contribution in [0.15, 0.2) is 206 Å². The minimum Gasteiger partial charge on any atom is -0.316 e. The van der Waals surface area contributed by atoms with Crippen molar-refractivity contribution in [3.8, 4) is 55.9 Å². The van der Waals surface area contributed by atoms with Crippen molar-refractivity contribution in [1.29, 1.82) is 0 Å². The zero-order valence-corrected chi connectivity index (χ0v) is 28.5. The number of hydrogen-bond acceptors (Lipinski definition) is 0. The van der Waals surface area contributed by atoms with E-state index in [1.54, 1.807) is 0 Å². The van der Waals surface area contributed by atoms with E-state index in [-0.39, 0.29) is 0 Å². The van der Waals surface area contributed by atoms with Gasteiger partial charge in [0.05, 0.1) is 16.6 Å². The summed E-state index contributed by atoms with van der Waals surface area (Å²) in [7, 11) is 0. The number of nitrogens with zero attached hydrogens (tertiary/aromatic N) is 2. The molecular weight excluding hydrogens is 629 g/mol. The predicted octanol–water partition coefficient (Wildman–Crippen LogP) is 13.4. The Morgan fingerprint density at radius 1 is 0.269 bits per heavy atom. The van der Waals surface area contributed by atoms with Crippen molar-refractivity contribution in [2.45, 2.75) is 0 Å². The van der Waals surface area contributed by atoms with Crippen molar-refractivity contribution in [3.05, 3.63) is 206 Å². The van der Waals surface area contributed by atoms with Crippen LogP contribution in [0.3, 0.4) is 0 Å². The molecule has 0 aliphatic rings. The Morgan fingerprint density at radius 2 is 0.750 bits per heavy atom. The average molecular weight is 663 g/mol. The molecule has 0 radical (unpaired) electrons. The highest BCUT2D eigenvalue weighted by molar-refractivity contribution is 6.19. The molecule has 10 rings (SSSR count). The molecule has 52 heavy (non-hydrogen) atoms. The first-order valence-corrected chi connectivity index (χ1v) is 17.8. The monoisotopic (exact) mass is 662 g/mol. The Bertz CT molecular complexity index is 2790. The second-order valence-corrected chi connectivity index (χ2v) is 13.4. The highest BCUT2D eigenvalue weighted by Crippen LogP contribution is 2.40. The third kappa shape index (κ3) is 5.12. The van der Waals surface area contributed by atoms with Crippen LogP contribution in [0, 0.1) is 0 Å². The topological polar surface area (TPSA) is 9.86 Å². The summed E-state index contributed by atoms with van der Waals surface area (Å²) in [6.45, 7) is 0. The number of benzene rings is 8. The first-order valence-electron chi connectivity index (χ1n) is 17.8. The fourth-order valence-corrected chi connectivity index (χ4v) is 7.81. The van der Waals surface area contributed by atoms with Crippen molar-refractivity contribution >= 4 is 32.7 Å². The summed E-state index contributed by atoms with van der Waals surface area (Å²) in [6, 6.07) is 72.4. The smallest absolute Gasteiger partial charge is 0.0635 e. The molecule has 244 valence electrons. The standard InChI is InChI=1S/C50H34N2/c1-5-13-35(14-6-1)38-21-24-43(25-22-38)51-30-29-46-48(51)28-26-45-47-34-39(23-27-49(47)52(50(45)46)44-19-11-4-12-20-44)42-32-40(36-15-7-2-8-16-36)31-41(33-42)37-17-9-3-10-18-37/h1-34H. The minimum absolute atomic E-state index is 1.14. The van der Waals surface area contributed by atoms with Crippen LogP contribution in [-0.4, -0.2) is 9.13 Å². The first kappa shape index (κ1) is 30.0. The van der Waals surface area contributed by atoms with Gasteiger partial charge in [-0.2, -0.15) is 0 Å². The van der Waals surface area contributed by atoms with Crippen LogP contribution in [0.1, 0.15) is 0 Å². The van der Waals surface area contributed by atoms with E-state index < -0.39 is 0 Å². The zero-order chi connectivity index (χ0) is 34.4. The maximum absolute atomic E-state index is 2.44. The van der Waals surface area contributed by atoms with Crippen LogP contribution in [0.25, 0.3) is 88.6 Å². The molecule has 2 nitrogen and oxygen atoms in total. The van der Waals surface area contributed by atoms with E-state index in [1.165, 1.54) is 77.2 Å². The summed E-state index contributed by atoms with van der Waals surface area (Å²) in [4.78, 5) is 0. The van der Waals surface area contributed by atoms with E-state index in [0.29, 0.717) is 0 Å². The van der Waals surface area contributed by atoms with Crippen molar-refractivity contribution in [1.82, 2.24) is 9.13 Å². The van der Waals surface area contributed by atoms with Gasteiger partial charge in [0, 0.05) is 33.7 Å². The normalized spacial score (nSPS) is 11.5. The lowest BCUT2D eigenvalue weighted by atomic mass is 9.93. The van der Waals surface area contributed by atoms with Crippen LogP contribution >= 0.6 is 0 Å². The second kappa shape index (κ2) is 12.5. The largest absolute Gasteiger partial charge is 0.316 e. The molecule has 0 saturated heterocycles. The summed E-state index contributed by atoms with van der Waals surface area (Å²) in [5.41, 5.74) is 15.6. The Kier molecular flexibility index (Phi) is 7.18. The lowest BCUT2D eigenvalue weighted by Crippen LogP contribution is -1.95. The van der Waals surface area contributed by atoms with Crippen molar-refractivity contribution < 1.29 is 0 Å². The average Bonchev–Trinajstić information content (AvgIpc) is 3.81. The zero-order valence-electron chi connectivity index (χ0n) is 28.5. The SMILES string of the molecule is c1ccc(-c2ccc(-n3ccc4c3ccc3c5cc(-c6cc(-c7ccccc7)cc(-c7ccccc7)c6)ccc5n(-c5ccccc5)c34)cc2)cc1. The number of aromatic nitrogens is 2. The molecule has 2 aromatic heterocycles. The molecule has 0 unspecified atom stereocenters. The molecule has 2 heterocycles. The van der Waals surface area contributed by atoms with Gasteiger partial charge in [-0.15, -0.1) is 0 Å². The highest BCUT2D eigenvalue weighted by Gasteiger charge is 2.18. The molecule has 0 atom stereocenters. The van der Waals surface area contributed by atoms with Gasteiger partial charge in [0.2, 0.25) is 0 Å². The van der Waals surface area contributed by atoms with Crippen LogP contribution in [0.5, 0.6) is 0 Å². The maximum atomic E-state index is 2.44. The van der Waals surface area contributed by atoms with Gasteiger partial charge in [-0.25, -0.2) is 0 Å². The Morgan fingerprint density at radius 3 is 1.35 bits per heavy atom. The molecule has 0 aliphatic carbocycles. The van der Waals surface area contributed by atoms with E-state index in [1.807, 2.05) is 0 Å². The van der Waals surface area contributed by atoms with Crippen molar-refractivity contribution in [3.63, 3.8) is 0 Å². The van der Waals surface area contributed by atoms with Crippen molar-refractivity contribution in [2.24, 2.45) is 0 Å². The van der Waals surface area contributed by atoms with Crippen LogP contribution in [-0.2, 0) is 0 Å². The second-order valence-electron chi connectivity index (χ2n) is 13.4. The van der Waals surface area contributed by atoms with E-state index >= 15 is 0 Å². The summed E-state index contributed by atoms with van der Waals surface area (Å²) >= 11 is 0. The molecule has 0 saturated carbocycles. The molecular formula is C50H34N2. The number of para-hydroxylation sites is 1. The Balaban J connectivity index is 1.16. The number of fused-ring (bicyclic) bond motifs is 5. The predicted molar refractivity (Wildman–Crippen MR) is 219 cm³/mol. The van der Waals surface area contributed by atoms with E-state index in [4.69, 9.17) is 0 Å². The molecule has 0 N–H and O–H groups in total. The van der Waals surface area contributed by atoms with Gasteiger partial charge in [-0.3, -0.25) is 0 Å². The van der Waals surface area contributed by atoms with E-state index in [0.717, 1.165) is 11.4 Å². The Labute approximate surface area is 303 Å². The van der Waals surface area contributed by atoms with Crippen LogP contribution in [0.2, 0.25) is 0 Å². The fraction of sp³-hybridized carbons (Fsp3) is 0. The molecule has 0 bridgehead atoms. The van der Waals surface area contributed by atoms with Crippen molar-refractivity contribution in [2.75, 3.05) is 0 Å². The quantitative estimate of drug-likeness (QED) is 0.168. The summed E-state index contributed by atoms with van der Waals surface area (Å²) in [5.74, 6) is 0. The van der Waals surface area contributed by atoms with E-state index in [2.05, 4.69) is 216 Å². The van der Waals surface area contributed by atoms with Gasteiger partial charge in [-0.1, -0.05) is 133 Å². The molecule has 10 aromatic rings. The molecule has 0 fully saturated rings. The van der Waals surface area contributed by atoms with Crippen LogP contribution < -0.4 is 0 Å². The van der Waals surface area contributed by atoms with Gasteiger partial charge < -0.3 is 9.13 Å². The van der Waals surface area contributed by atoms with Gasteiger partial charge in [0.1, 0.15) is 0 Å². The highest BCUT2D eigenvalue weighted by atomic mass is 15.0. The van der Waals surface area contributed by atoms with Gasteiger partial charge in [-0.05, 0) is 111 Å². The molecule has 0 amide bonds. The number of rotatable bonds is 6. The summed E-state index contributed by atoms with van der Waals surface area (Å²) < 4.78 is 4.75. The lowest BCUT2D eigenvalue weighted by Gasteiger charge is -2.12. The summed E-state index contributed by atoms with van der Waals surface area (Å²) in [5, 5.41) is 3.71. The van der Waals surface area contributed by atoms with E-state index in [9.17, 15) is 0 Å². The molecule has 8 aromatic carbocycles. The third-order valence-corrected chi connectivity index (χ3v) is 10.3. The fourth-order valence-electron chi connectivity index (χ4n) is 7.81. The first-order chi connectivity index (χ1) is 25.8. The van der Waals surface area contributed by atoms with Gasteiger partial charge in [0.15, 0.2) is 0 Å². The summed E-state index contributed by atoms with van der Waals surface area (Å²) in [6.07, 6.45) is 2.21. The molecule has 0 spiro atoms. The maximum Gasteiger partial charge on any atom is 0.0635 e. The third-order valence-electron chi connectivity index (χ3n) is 10.3. The Hall–Kier alpha value is -6.90. The lowest BCUT2D eigenvalue weighted by molar-refractivity contribution is 1.13. The number of hydrogen-bond donors (Lipinski definition) is 0.